The molecule has 0 aromatic carbocycles. The van der Waals surface area contributed by atoms with Gasteiger partial charge in [-0.15, -0.1) is 0 Å². The van der Waals surface area contributed by atoms with Crippen molar-refractivity contribution < 1.29 is 28.1 Å². The zero-order chi connectivity index (χ0) is 13.6. The molecular formula is C14H26NO2V-. The maximum absolute atomic E-state index is 11.9. The zero-order valence-electron chi connectivity index (χ0n) is 12.5. The first-order valence-corrected chi connectivity index (χ1v) is 6.50. The predicted molar refractivity (Wildman–Crippen MR) is 70.5 cm³/mol. The summed E-state index contributed by atoms with van der Waals surface area (Å²) in [6, 6.07) is -0.174. The molecule has 4 heteroatoms. The molecule has 0 saturated carbocycles. The molecule has 1 fully saturated rings. The van der Waals surface area contributed by atoms with Crippen LogP contribution in [0, 0.1) is 11.8 Å². The van der Waals surface area contributed by atoms with Crippen molar-refractivity contribution in [2.75, 3.05) is 6.54 Å². The number of carbonyl (C=O) groups is 2. The van der Waals surface area contributed by atoms with E-state index in [0.717, 1.165) is 18.9 Å². The second-order valence-corrected chi connectivity index (χ2v) is 4.90. The van der Waals surface area contributed by atoms with Gasteiger partial charge in [-0.2, -0.15) is 13.8 Å². The normalized spacial score (nSPS) is 22.1. The third kappa shape index (κ3) is 6.06. The standard InChI is InChI=1S/C12H20NO2.C2H6.V/c1-8(2)5-12(15)13-7-9(3)6-11(13)10(4)14;1-2;/h9,11H,5-7H2,1-4H3;1-2H3;/q-1;;/t9-,11+;;/m1../s1. The number of ketones is 1. The maximum atomic E-state index is 11.9. The van der Waals surface area contributed by atoms with Crippen LogP contribution in [-0.2, 0) is 28.1 Å². The molecule has 2 atom stereocenters. The van der Waals surface area contributed by atoms with Gasteiger partial charge in [0.1, 0.15) is 0 Å². The molecule has 1 radical (unpaired) electrons. The van der Waals surface area contributed by atoms with E-state index < -0.39 is 0 Å². The van der Waals surface area contributed by atoms with Crippen molar-refractivity contribution in [1.82, 2.24) is 4.90 Å². The molecule has 3 nitrogen and oxygen atoms in total. The van der Waals surface area contributed by atoms with Crippen LogP contribution in [-0.4, -0.2) is 29.2 Å². The molecule has 0 aromatic rings. The van der Waals surface area contributed by atoms with Crippen LogP contribution >= 0.6 is 0 Å². The fourth-order valence-corrected chi connectivity index (χ4v) is 2.11. The molecule has 0 aromatic heterocycles. The molecular weight excluding hydrogens is 265 g/mol. The van der Waals surface area contributed by atoms with E-state index in [0.29, 0.717) is 12.3 Å². The van der Waals surface area contributed by atoms with Gasteiger partial charge in [-0.05, 0) is 19.3 Å². The number of hydrogen-bond acceptors (Lipinski definition) is 2. The number of amides is 1. The fraction of sp³-hybridized carbons (Fsp3) is 0.786. The van der Waals surface area contributed by atoms with Gasteiger partial charge >= 0.3 is 0 Å². The summed E-state index contributed by atoms with van der Waals surface area (Å²) in [6.45, 7) is 12.3. The molecule has 0 bridgehead atoms. The van der Waals surface area contributed by atoms with Crippen molar-refractivity contribution >= 4 is 11.7 Å². The van der Waals surface area contributed by atoms with Crippen LogP contribution in [0.15, 0.2) is 0 Å². The Kier molecular flexibility index (Phi) is 10.7. The second-order valence-electron chi connectivity index (χ2n) is 4.90. The topological polar surface area (TPSA) is 37.4 Å². The summed E-state index contributed by atoms with van der Waals surface area (Å²) in [5, 5.41) is 0. The Balaban J connectivity index is 0. The van der Waals surface area contributed by atoms with Gasteiger partial charge in [-0.3, -0.25) is 9.59 Å². The number of hydrogen-bond donors (Lipinski definition) is 0. The van der Waals surface area contributed by atoms with Gasteiger partial charge in [0.15, 0.2) is 11.7 Å². The van der Waals surface area contributed by atoms with Crippen LogP contribution in [0.2, 0.25) is 0 Å². The third-order valence-corrected chi connectivity index (χ3v) is 2.80. The van der Waals surface area contributed by atoms with Crippen molar-refractivity contribution in [3.05, 3.63) is 5.92 Å². The van der Waals surface area contributed by atoms with Crippen molar-refractivity contribution in [2.45, 2.75) is 60.4 Å². The van der Waals surface area contributed by atoms with E-state index >= 15 is 0 Å². The molecule has 1 aliphatic rings. The summed E-state index contributed by atoms with van der Waals surface area (Å²) in [6.07, 6.45) is 1.29. The molecule has 0 aliphatic carbocycles. The first-order valence-electron chi connectivity index (χ1n) is 6.50. The maximum Gasteiger partial charge on any atom is 0.193 e. The molecule has 0 spiro atoms. The fourth-order valence-electron chi connectivity index (χ4n) is 2.11. The second kappa shape index (κ2) is 9.63. The van der Waals surface area contributed by atoms with Crippen LogP contribution in [0.25, 0.3) is 0 Å². The Morgan fingerprint density at radius 3 is 2.17 bits per heavy atom. The summed E-state index contributed by atoms with van der Waals surface area (Å²) < 4.78 is 0. The third-order valence-electron chi connectivity index (χ3n) is 2.80. The summed E-state index contributed by atoms with van der Waals surface area (Å²) >= 11 is 0. The molecule has 0 N–H and O–H groups in total. The molecule has 18 heavy (non-hydrogen) atoms. The molecule has 1 saturated heterocycles. The van der Waals surface area contributed by atoms with Crippen molar-refractivity contribution in [3.8, 4) is 0 Å². The Hall–Kier alpha value is -0.276. The summed E-state index contributed by atoms with van der Waals surface area (Å²) in [7, 11) is 0. The minimum absolute atomic E-state index is 0. The summed E-state index contributed by atoms with van der Waals surface area (Å²) in [5.74, 6) is 1.75. The van der Waals surface area contributed by atoms with E-state index in [-0.39, 0.29) is 36.3 Å². The first-order chi connectivity index (χ1) is 7.91. The minimum Gasteiger partial charge on any atom is -0.335 e. The van der Waals surface area contributed by atoms with E-state index in [1.807, 2.05) is 27.7 Å². The summed E-state index contributed by atoms with van der Waals surface area (Å²) in [5.41, 5.74) is 0. The SMILES string of the molecule is CC.CC(=O)[C@@H]1C[C@@H](C)CN1C(=O)C[C-](C)C.[V]. The monoisotopic (exact) mass is 291 g/mol. The average Bonchev–Trinajstić information content (AvgIpc) is 2.62. The van der Waals surface area contributed by atoms with Crippen LogP contribution < -0.4 is 0 Å². The first kappa shape index (κ1) is 20.1. The molecule has 1 aliphatic heterocycles. The Morgan fingerprint density at radius 1 is 1.28 bits per heavy atom. The van der Waals surface area contributed by atoms with Crippen LogP contribution in [0.3, 0.4) is 0 Å². The molecule has 0 unspecified atom stereocenters. The minimum atomic E-state index is -0.174. The van der Waals surface area contributed by atoms with Gasteiger partial charge in [0.2, 0.25) is 0 Å². The number of Topliss-reactive ketones (excluding diaryl/α,β-unsaturated/α-hetero) is 1. The van der Waals surface area contributed by atoms with Crippen LogP contribution in [0.4, 0.5) is 0 Å². The quantitative estimate of drug-likeness (QED) is 0.750. The van der Waals surface area contributed by atoms with E-state index in [1.54, 1.807) is 11.8 Å². The molecule has 1 rings (SSSR count). The van der Waals surface area contributed by atoms with Crippen molar-refractivity contribution in [3.63, 3.8) is 0 Å². The average molecular weight is 291 g/mol. The van der Waals surface area contributed by atoms with E-state index in [2.05, 4.69) is 6.92 Å². The molecule has 1 heterocycles. The van der Waals surface area contributed by atoms with Gasteiger partial charge in [0, 0.05) is 25.1 Å². The van der Waals surface area contributed by atoms with Gasteiger partial charge in [0.25, 0.3) is 0 Å². The van der Waals surface area contributed by atoms with Crippen LogP contribution in [0.1, 0.15) is 54.4 Å². The summed E-state index contributed by atoms with van der Waals surface area (Å²) in [4.78, 5) is 25.0. The zero-order valence-corrected chi connectivity index (χ0v) is 13.9. The van der Waals surface area contributed by atoms with Gasteiger partial charge in [-0.1, -0.05) is 27.2 Å². The van der Waals surface area contributed by atoms with E-state index in [4.69, 9.17) is 0 Å². The Morgan fingerprint density at radius 2 is 1.78 bits per heavy atom. The van der Waals surface area contributed by atoms with Gasteiger partial charge in [0.05, 0.1) is 6.04 Å². The van der Waals surface area contributed by atoms with Crippen LogP contribution in [0.5, 0.6) is 0 Å². The van der Waals surface area contributed by atoms with E-state index in [9.17, 15) is 9.59 Å². The largest absolute Gasteiger partial charge is 0.335 e. The Labute approximate surface area is 124 Å². The predicted octanol–water partition coefficient (Wildman–Crippen LogP) is 2.84. The number of carbonyl (C=O) groups excluding carboxylic acids is 2. The number of likely N-dealkylation sites (tertiary alicyclic amines) is 1. The smallest absolute Gasteiger partial charge is 0.193 e. The van der Waals surface area contributed by atoms with Crippen molar-refractivity contribution in [1.29, 1.82) is 0 Å². The number of nitrogens with zero attached hydrogens (tertiary/aromatic N) is 1. The molecule has 105 valence electrons. The van der Waals surface area contributed by atoms with Gasteiger partial charge < -0.3 is 10.8 Å². The molecule has 1 amide bonds. The number of rotatable bonds is 3. The van der Waals surface area contributed by atoms with Gasteiger partial charge in [-0.25, -0.2) is 0 Å². The Bertz CT molecular complexity index is 267. The van der Waals surface area contributed by atoms with Crippen molar-refractivity contribution in [2.24, 2.45) is 5.92 Å². The van der Waals surface area contributed by atoms with E-state index in [1.165, 1.54) is 0 Å².